The van der Waals surface area contributed by atoms with Crippen LogP contribution in [-0.4, -0.2) is 23.4 Å². The molecule has 0 radical (unpaired) electrons. The summed E-state index contributed by atoms with van der Waals surface area (Å²) in [5.74, 6) is 1.03. The highest BCUT2D eigenvalue weighted by Gasteiger charge is 2.17. The second-order valence-corrected chi connectivity index (χ2v) is 16.2. The van der Waals surface area contributed by atoms with Gasteiger partial charge in [-0.2, -0.15) is 0 Å². The Hall–Kier alpha value is -8.60. The standard InChI is InChI=1S/C62H46N4.C2H6/c1-6-18-58-49(9-4)59-52-23-13-10-19-43(52)35-36-56(59)60(65-58)44-31-27-41(28-32-44)42-29-33-45(34-30-42)61(63-5)66-62(57-38-40(7-2)48(8-3)53-24-16-17-26-55(53)57)64-39-47-37-46-20-11-12-21-50(46)54-25-15-14-22-51(47)54;1-2/h6-38H,1-3,5,39H2,4H3;1-2H3/b49-9+,58-18+,64-62?,66-61?;. The number of hydrogen-bond donors (Lipinski definition) is 0. The van der Waals surface area contributed by atoms with Crippen LogP contribution in [0.2, 0.25) is 0 Å². The summed E-state index contributed by atoms with van der Waals surface area (Å²) in [6.07, 6.45) is 9.70. The molecule has 0 bridgehead atoms. The van der Waals surface area contributed by atoms with Crippen molar-refractivity contribution >= 4 is 96.6 Å². The molecule has 4 heteroatoms. The van der Waals surface area contributed by atoms with Crippen molar-refractivity contribution in [3.63, 3.8) is 0 Å². The van der Waals surface area contributed by atoms with E-state index in [0.717, 1.165) is 82.3 Å². The first-order valence-corrected chi connectivity index (χ1v) is 23.1. The van der Waals surface area contributed by atoms with Gasteiger partial charge in [0.2, 0.25) is 0 Å². The summed E-state index contributed by atoms with van der Waals surface area (Å²) in [6, 6.07) is 59.6. The molecule has 0 amide bonds. The zero-order valence-corrected chi connectivity index (χ0v) is 38.9. The summed E-state index contributed by atoms with van der Waals surface area (Å²) in [6.45, 7) is 22.8. The quantitative estimate of drug-likeness (QED) is 0.0809. The van der Waals surface area contributed by atoms with Crippen molar-refractivity contribution in [1.82, 2.24) is 4.98 Å². The highest BCUT2D eigenvalue weighted by Crippen LogP contribution is 2.34. The van der Waals surface area contributed by atoms with Crippen LogP contribution in [0.15, 0.2) is 211 Å². The second-order valence-electron chi connectivity index (χ2n) is 16.2. The predicted octanol–water partition coefficient (Wildman–Crippen LogP) is 15.4. The van der Waals surface area contributed by atoms with Gasteiger partial charge in [-0.1, -0.05) is 216 Å². The van der Waals surface area contributed by atoms with E-state index >= 15 is 0 Å². The Morgan fingerprint density at radius 3 is 1.82 bits per heavy atom. The molecule has 10 aromatic rings. The van der Waals surface area contributed by atoms with Crippen LogP contribution in [0.3, 0.4) is 0 Å². The Bertz CT molecular complexity index is 3800. The van der Waals surface area contributed by atoms with Crippen LogP contribution in [0.1, 0.15) is 48.6 Å². The van der Waals surface area contributed by atoms with Crippen LogP contribution in [0.5, 0.6) is 0 Å². The Kier molecular flexibility index (Phi) is 13.0. The van der Waals surface area contributed by atoms with Crippen LogP contribution in [0, 0.1) is 0 Å². The van der Waals surface area contributed by atoms with Crippen LogP contribution < -0.4 is 10.6 Å². The van der Waals surface area contributed by atoms with Gasteiger partial charge in [0.05, 0.1) is 17.6 Å². The largest absolute Gasteiger partial charge is 0.261 e. The lowest BCUT2D eigenvalue weighted by atomic mass is 9.93. The highest BCUT2D eigenvalue weighted by molar-refractivity contribution is 6.19. The number of amidine groups is 2. The normalized spacial score (nSPS) is 12.4. The molecular weight excluding hydrogens is 825 g/mol. The van der Waals surface area contributed by atoms with Crippen molar-refractivity contribution in [1.29, 1.82) is 0 Å². The summed E-state index contributed by atoms with van der Waals surface area (Å²) in [5, 5.41) is 13.5. The molecule has 0 aliphatic rings. The maximum absolute atomic E-state index is 5.34. The van der Waals surface area contributed by atoms with Crippen molar-refractivity contribution < 1.29 is 0 Å². The van der Waals surface area contributed by atoms with Gasteiger partial charge in [-0.3, -0.25) is 4.99 Å². The minimum atomic E-state index is 0.404. The van der Waals surface area contributed by atoms with Gasteiger partial charge in [0, 0.05) is 32.7 Å². The third kappa shape index (κ3) is 8.29. The van der Waals surface area contributed by atoms with E-state index in [2.05, 4.69) is 202 Å². The minimum Gasteiger partial charge on any atom is -0.261 e. The number of aliphatic imine (C=N–C) groups is 3. The van der Waals surface area contributed by atoms with Crippen LogP contribution >= 0.6 is 0 Å². The molecule has 0 saturated carbocycles. The molecule has 0 N–H and O–H groups in total. The van der Waals surface area contributed by atoms with Gasteiger partial charge in [-0.25, -0.2) is 15.0 Å². The number of allylic oxidation sites excluding steroid dienone is 1. The van der Waals surface area contributed by atoms with E-state index in [1.807, 2.05) is 50.3 Å². The summed E-state index contributed by atoms with van der Waals surface area (Å²) in [5.41, 5.74) is 8.90. The molecule has 1 aromatic heterocycles. The monoisotopic (exact) mass is 876 g/mol. The number of hydrogen-bond acceptors (Lipinski definition) is 2. The van der Waals surface area contributed by atoms with Gasteiger partial charge in [-0.05, 0) is 103 Å². The van der Waals surface area contributed by atoms with E-state index in [9.17, 15) is 0 Å². The fourth-order valence-corrected chi connectivity index (χ4v) is 9.41. The number of nitrogens with zero attached hydrogens (tertiary/aromatic N) is 4. The first-order valence-electron chi connectivity index (χ1n) is 23.1. The summed E-state index contributed by atoms with van der Waals surface area (Å²) >= 11 is 0. The minimum absolute atomic E-state index is 0.404. The molecule has 1 heterocycles. The summed E-state index contributed by atoms with van der Waals surface area (Å²) in [7, 11) is 0. The van der Waals surface area contributed by atoms with Crippen molar-refractivity contribution in [3.05, 3.63) is 234 Å². The molecule has 0 atom stereocenters. The number of fused-ring (bicyclic) bond motifs is 7. The maximum atomic E-state index is 5.34. The van der Waals surface area contributed by atoms with Gasteiger partial charge in [0.15, 0.2) is 11.7 Å². The molecule has 0 fully saturated rings. The molecule has 0 aliphatic carbocycles. The van der Waals surface area contributed by atoms with Gasteiger partial charge < -0.3 is 0 Å². The van der Waals surface area contributed by atoms with Gasteiger partial charge in [0.1, 0.15) is 0 Å². The average molecular weight is 877 g/mol. The third-order valence-corrected chi connectivity index (χ3v) is 12.6. The van der Waals surface area contributed by atoms with Gasteiger partial charge in [-0.15, -0.1) is 0 Å². The van der Waals surface area contributed by atoms with E-state index in [1.165, 1.54) is 32.3 Å². The molecule has 328 valence electrons. The van der Waals surface area contributed by atoms with Gasteiger partial charge >= 0.3 is 0 Å². The number of pyridine rings is 1. The Labute approximate surface area is 398 Å². The average Bonchev–Trinajstić information content (AvgIpc) is 3.41. The van der Waals surface area contributed by atoms with Crippen molar-refractivity contribution in [2.75, 3.05) is 0 Å². The summed E-state index contributed by atoms with van der Waals surface area (Å²) in [4.78, 5) is 20.3. The lowest BCUT2D eigenvalue weighted by Gasteiger charge is -2.14. The lowest BCUT2D eigenvalue weighted by Crippen LogP contribution is -2.29. The number of aromatic nitrogens is 1. The van der Waals surface area contributed by atoms with Crippen molar-refractivity contribution in [2.45, 2.75) is 27.3 Å². The first kappa shape index (κ1) is 44.6. The van der Waals surface area contributed by atoms with E-state index in [1.54, 1.807) is 0 Å². The highest BCUT2D eigenvalue weighted by atomic mass is 15.0. The smallest absolute Gasteiger partial charge is 0.161 e. The first-order chi connectivity index (χ1) is 33.5. The second kappa shape index (κ2) is 19.9. The van der Waals surface area contributed by atoms with Crippen LogP contribution in [0.25, 0.3) is 101 Å². The number of benzene rings is 9. The fourth-order valence-electron chi connectivity index (χ4n) is 9.41. The lowest BCUT2D eigenvalue weighted by molar-refractivity contribution is 1.08. The van der Waals surface area contributed by atoms with E-state index in [4.69, 9.17) is 15.0 Å². The van der Waals surface area contributed by atoms with Crippen molar-refractivity contribution in [2.24, 2.45) is 15.0 Å². The van der Waals surface area contributed by atoms with Gasteiger partial charge in [0.25, 0.3) is 0 Å². The van der Waals surface area contributed by atoms with Crippen LogP contribution in [0.4, 0.5) is 0 Å². The topological polar surface area (TPSA) is 50.0 Å². The zero-order valence-electron chi connectivity index (χ0n) is 38.9. The Morgan fingerprint density at radius 1 is 0.559 bits per heavy atom. The molecule has 0 aliphatic heterocycles. The maximum Gasteiger partial charge on any atom is 0.161 e. The van der Waals surface area contributed by atoms with Crippen LogP contribution in [-0.2, 0) is 6.54 Å². The van der Waals surface area contributed by atoms with Crippen molar-refractivity contribution in [3.8, 4) is 22.4 Å². The molecule has 10 rings (SSSR count). The SMILES string of the molecule is C=C/C=c1/nc(-c2ccc(-c3ccc(C(N=C)=NC(=NCc4cc5ccccc5c5ccccc45)c4cc(C=C)c(C=C)c5ccccc45)cc3)cc2)c2ccc3ccccc3c2/c1=C/C.CC. The molecule has 68 heavy (non-hydrogen) atoms. The molecular formula is C64H52N4. The molecule has 0 spiro atoms. The predicted molar refractivity (Wildman–Crippen MR) is 297 cm³/mol. The molecule has 9 aromatic carbocycles. The molecule has 0 unspecified atom stereocenters. The van der Waals surface area contributed by atoms with E-state index in [0.29, 0.717) is 18.2 Å². The Morgan fingerprint density at radius 2 is 1.16 bits per heavy atom. The molecule has 4 nitrogen and oxygen atoms in total. The zero-order chi connectivity index (χ0) is 47.1. The third-order valence-electron chi connectivity index (χ3n) is 12.6. The summed E-state index contributed by atoms with van der Waals surface area (Å²) < 4.78 is 0. The van der Waals surface area contributed by atoms with E-state index < -0.39 is 0 Å². The van der Waals surface area contributed by atoms with E-state index in [-0.39, 0.29) is 0 Å². The molecule has 0 saturated heterocycles. The fraction of sp³-hybridized carbons (Fsp3) is 0.0625. The Balaban J connectivity index is 0.00000285. The number of rotatable bonds is 9.